The number of anilines is 1. The van der Waals surface area contributed by atoms with Crippen molar-refractivity contribution >= 4 is 39.3 Å². The highest BCUT2D eigenvalue weighted by atomic mass is 79.9. The van der Waals surface area contributed by atoms with E-state index in [1.807, 2.05) is 61.0 Å². The second kappa shape index (κ2) is 8.08. The Morgan fingerprint density at radius 3 is 2.66 bits per heavy atom. The molecule has 0 unspecified atom stereocenters. The Hall–Kier alpha value is -2.52. The molecule has 0 radical (unpaired) electrons. The lowest BCUT2D eigenvalue weighted by molar-refractivity contribution is -0.116. The normalized spacial score (nSPS) is 17.9. The lowest BCUT2D eigenvalue weighted by atomic mass is 10.0. The number of aryl methyl sites for hydroxylation is 2. The maximum atomic E-state index is 13.3. The van der Waals surface area contributed by atoms with E-state index >= 15 is 0 Å². The Morgan fingerprint density at radius 1 is 1.21 bits per heavy atom. The summed E-state index contributed by atoms with van der Waals surface area (Å²) in [6.07, 6.45) is 0. The van der Waals surface area contributed by atoms with Crippen molar-refractivity contribution < 1.29 is 9.53 Å². The van der Waals surface area contributed by atoms with Crippen molar-refractivity contribution in [2.75, 3.05) is 17.9 Å². The van der Waals surface area contributed by atoms with E-state index in [4.69, 9.17) is 4.74 Å². The average molecular weight is 474 g/mol. The van der Waals surface area contributed by atoms with Gasteiger partial charge >= 0.3 is 0 Å². The Labute approximate surface area is 181 Å². The topological polar surface area (TPSA) is 81.1 Å². The minimum Gasteiger partial charge on any atom is -0.497 e. The Balaban J connectivity index is 1.66. The van der Waals surface area contributed by atoms with Crippen LogP contribution in [0.25, 0.3) is 0 Å². The molecule has 4 rings (SSSR count). The number of nitrogens with one attached hydrogen (secondary N) is 2. The Morgan fingerprint density at radius 2 is 1.97 bits per heavy atom. The standard InChI is InChI=1S/C20H20BrN5O2S/c1-11-10-14(21)6-9-16(11)22-19(27)18-17(13-4-7-15(28-3)8-5-13)25-26-12(2)23-24-20(26)29-18/h4-10,17-18,25H,1-3H3,(H,22,27)/t17-,18-/m0/s1. The summed E-state index contributed by atoms with van der Waals surface area (Å²) in [4.78, 5) is 13.3. The summed E-state index contributed by atoms with van der Waals surface area (Å²) < 4.78 is 8.06. The van der Waals surface area contributed by atoms with Crippen LogP contribution >= 0.6 is 27.7 Å². The third-order valence-corrected chi connectivity index (χ3v) is 6.49. The number of carbonyl (C=O) groups excluding carboxylic acids is 1. The van der Waals surface area contributed by atoms with E-state index in [-0.39, 0.29) is 11.9 Å². The highest BCUT2D eigenvalue weighted by molar-refractivity contribution is 9.10. The SMILES string of the molecule is COc1ccc([C@@H]2Nn3c(C)nnc3S[C@@H]2C(=O)Nc2ccc(Br)cc2C)cc1. The molecule has 0 saturated heterocycles. The van der Waals surface area contributed by atoms with E-state index in [1.54, 1.807) is 7.11 Å². The number of methoxy groups -OCH3 is 1. The van der Waals surface area contributed by atoms with Gasteiger partial charge in [-0.15, -0.1) is 10.2 Å². The Bertz CT molecular complexity index is 1050. The summed E-state index contributed by atoms with van der Waals surface area (Å²) in [5.74, 6) is 1.42. The molecule has 2 N–H and O–H groups in total. The first-order chi connectivity index (χ1) is 14.0. The monoisotopic (exact) mass is 473 g/mol. The van der Waals surface area contributed by atoms with Gasteiger partial charge in [-0.3, -0.25) is 4.79 Å². The lowest BCUT2D eigenvalue weighted by Crippen LogP contribution is -2.41. The maximum absolute atomic E-state index is 13.3. The van der Waals surface area contributed by atoms with E-state index in [0.717, 1.165) is 32.9 Å². The van der Waals surface area contributed by atoms with Crippen LogP contribution in [0.15, 0.2) is 52.1 Å². The number of thioether (sulfide) groups is 1. The fourth-order valence-electron chi connectivity index (χ4n) is 3.19. The van der Waals surface area contributed by atoms with E-state index < -0.39 is 5.25 Å². The summed E-state index contributed by atoms with van der Waals surface area (Å²) in [5.41, 5.74) is 6.15. The van der Waals surface area contributed by atoms with Gasteiger partial charge in [0.15, 0.2) is 0 Å². The molecule has 0 spiro atoms. The highest BCUT2D eigenvalue weighted by Crippen LogP contribution is 2.38. The van der Waals surface area contributed by atoms with Crippen molar-refractivity contribution in [3.8, 4) is 5.75 Å². The number of nitrogens with zero attached hydrogens (tertiary/aromatic N) is 3. The minimum absolute atomic E-state index is 0.0966. The van der Waals surface area contributed by atoms with E-state index in [2.05, 4.69) is 36.9 Å². The van der Waals surface area contributed by atoms with Crippen LogP contribution in [0.5, 0.6) is 5.75 Å². The number of aromatic nitrogens is 3. The lowest BCUT2D eigenvalue weighted by Gasteiger charge is -2.33. The Kier molecular flexibility index (Phi) is 5.51. The fraction of sp³-hybridized carbons (Fsp3) is 0.250. The van der Waals surface area contributed by atoms with Crippen molar-refractivity contribution in [2.24, 2.45) is 0 Å². The van der Waals surface area contributed by atoms with Gasteiger partial charge in [0.2, 0.25) is 11.1 Å². The molecule has 1 aliphatic heterocycles. The summed E-state index contributed by atoms with van der Waals surface area (Å²) in [5, 5.41) is 11.6. The molecule has 1 aromatic heterocycles. The number of hydrogen-bond donors (Lipinski definition) is 2. The zero-order valence-electron chi connectivity index (χ0n) is 16.1. The van der Waals surface area contributed by atoms with Crippen molar-refractivity contribution in [3.05, 3.63) is 63.9 Å². The van der Waals surface area contributed by atoms with Crippen LogP contribution in [0.2, 0.25) is 0 Å². The van der Waals surface area contributed by atoms with E-state index in [0.29, 0.717) is 5.16 Å². The van der Waals surface area contributed by atoms with Crippen molar-refractivity contribution in [1.82, 2.24) is 14.9 Å². The van der Waals surface area contributed by atoms with Gasteiger partial charge in [-0.2, -0.15) is 0 Å². The quantitative estimate of drug-likeness (QED) is 0.594. The highest BCUT2D eigenvalue weighted by Gasteiger charge is 2.37. The number of rotatable bonds is 4. The van der Waals surface area contributed by atoms with Gasteiger partial charge in [0, 0.05) is 10.2 Å². The van der Waals surface area contributed by atoms with Crippen LogP contribution in [0, 0.1) is 13.8 Å². The molecule has 0 saturated carbocycles. The van der Waals surface area contributed by atoms with Crippen molar-refractivity contribution in [2.45, 2.75) is 30.3 Å². The molecule has 0 aliphatic carbocycles. The largest absolute Gasteiger partial charge is 0.497 e. The first kappa shape index (κ1) is 19.8. The predicted octanol–water partition coefficient (Wildman–Crippen LogP) is 4.06. The van der Waals surface area contributed by atoms with Gasteiger partial charge in [-0.05, 0) is 55.3 Å². The zero-order chi connectivity index (χ0) is 20.5. The molecule has 9 heteroatoms. The summed E-state index contributed by atoms with van der Waals surface area (Å²) >= 11 is 4.86. The van der Waals surface area contributed by atoms with Gasteiger partial charge in [0.05, 0.1) is 13.2 Å². The van der Waals surface area contributed by atoms with Gasteiger partial charge in [0.1, 0.15) is 16.8 Å². The third kappa shape index (κ3) is 3.97. The number of benzene rings is 2. The smallest absolute Gasteiger partial charge is 0.240 e. The van der Waals surface area contributed by atoms with Crippen LogP contribution in [-0.2, 0) is 4.79 Å². The van der Waals surface area contributed by atoms with Crippen LogP contribution in [0.1, 0.15) is 23.0 Å². The molecule has 3 aromatic rings. The first-order valence-electron chi connectivity index (χ1n) is 9.02. The molecule has 2 heterocycles. The van der Waals surface area contributed by atoms with E-state index in [1.165, 1.54) is 11.8 Å². The van der Waals surface area contributed by atoms with Gasteiger partial charge in [-0.1, -0.05) is 39.8 Å². The molecule has 0 bridgehead atoms. The van der Waals surface area contributed by atoms with Gasteiger partial charge in [-0.25, -0.2) is 4.68 Å². The van der Waals surface area contributed by atoms with E-state index in [9.17, 15) is 4.79 Å². The molecule has 29 heavy (non-hydrogen) atoms. The molecule has 0 fully saturated rings. The van der Waals surface area contributed by atoms with Gasteiger partial charge in [0.25, 0.3) is 0 Å². The first-order valence-corrected chi connectivity index (χ1v) is 10.7. The van der Waals surface area contributed by atoms with Crippen molar-refractivity contribution in [1.29, 1.82) is 0 Å². The molecule has 2 atom stereocenters. The average Bonchev–Trinajstić information content (AvgIpc) is 3.09. The summed E-state index contributed by atoms with van der Waals surface area (Å²) in [6.45, 7) is 3.84. The van der Waals surface area contributed by atoms with Gasteiger partial charge < -0.3 is 15.5 Å². The molecule has 1 aliphatic rings. The number of hydrogen-bond acceptors (Lipinski definition) is 6. The molecule has 7 nitrogen and oxygen atoms in total. The minimum atomic E-state index is -0.428. The van der Waals surface area contributed by atoms with Crippen LogP contribution in [-0.4, -0.2) is 33.1 Å². The number of fused-ring (bicyclic) bond motifs is 1. The molecular weight excluding hydrogens is 454 g/mol. The maximum Gasteiger partial charge on any atom is 0.240 e. The number of ether oxygens (including phenoxy) is 1. The summed E-state index contributed by atoms with van der Waals surface area (Å²) in [6, 6.07) is 13.2. The second-order valence-corrected chi connectivity index (χ2v) is 8.76. The molecule has 1 amide bonds. The van der Waals surface area contributed by atoms with Crippen LogP contribution < -0.4 is 15.5 Å². The number of halogens is 1. The van der Waals surface area contributed by atoms with Crippen LogP contribution in [0.3, 0.4) is 0 Å². The fourth-order valence-corrected chi connectivity index (χ4v) is 4.79. The van der Waals surface area contributed by atoms with Crippen LogP contribution in [0.4, 0.5) is 5.69 Å². The molecular formula is C20H20BrN5O2S. The summed E-state index contributed by atoms with van der Waals surface area (Å²) in [7, 11) is 1.63. The molecule has 2 aromatic carbocycles. The third-order valence-electron chi connectivity index (χ3n) is 4.78. The predicted molar refractivity (Wildman–Crippen MR) is 117 cm³/mol. The molecule has 150 valence electrons. The zero-order valence-corrected chi connectivity index (χ0v) is 18.5. The second-order valence-electron chi connectivity index (χ2n) is 6.73. The van der Waals surface area contributed by atoms with Crippen molar-refractivity contribution in [3.63, 3.8) is 0 Å². The number of carbonyl (C=O) groups is 1. The number of amides is 1.